The van der Waals surface area contributed by atoms with Crippen LogP contribution in [-0.4, -0.2) is 28.1 Å². The summed E-state index contributed by atoms with van der Waals surface area (Å²) >= 11 is 1.45. The molecule has 0 fully saturated rings. The Hall–Kier alpha value is -4.06. The number of non-ortho nitro benzene ring substituents is 1. The average molecular weight is 560 g/mol. The van der Waals surface area contributed by atoms with E-state index in [2.05, 4.69) is 21.0 Å². The molecule has 1 unspecified atom stereocenters. The number of aryl methyl sites for hydroxylation is 1. The van der Waals surface area contributed by atoms with Gasteiger partial charge in [-0.15, -0.1) is 10.2 Å². The van der Waals surface area contributed by atoms with Crippen molar-refractivity contribution in [2.45, 2.75) is 35.7 Å². The summed E-state index contributed by atoms with van der Waals surface area (Å²) in [7, 11) is -3.93. The van der Waals surface area contributed by atoms with Crippen LogP contribution in [0.3, 0.4) is 0 Å². The molecule has 198 valence electrons. The second-order valence-corrected chi connectivity index (χ2v) is 11.7. The van der Waals surface area contributed by atoms with Gasteiger partial charge in [0.25, 0.3) is 5.69 Å². The highest BCUT2D eigenvalue weighted by atomic mass is 32.2. The van der Waals surface area contributed by atoms with Crippen LogP contribution in [-0.2, 0) is 15.8 Å². The van der Waals surface area contributed by atoms with Crippen molar-refractivity contribution >= 4 is 38.2 Å². The van der Waals surface area contributed by atoms with E-state index in [1.165, 1.54) is 23.9 Å². The SMILES string of the molecule is Cc1cccc(CSc2nnc(C(C)NS(=O)(=O)c3cccc4ccccc34)n2-c2ccc([N+](=O)[O-])cc2)c1. The topological polar surface area (TPSA) is 120 Å². The van der Waals surface area contributed by atoms with Gasteiger partial charge in [-0.2, -0.15) is 0 Å². The Bertz CT molecular complexity index is 1760. The zero-order valence-corrected chi connectivity index (χ0v) is 22.8. The van der Waals surface area contributed by atoms with E-state index in [0.717, 1.165) is 16.5 Å². The summed E-state index contributed by atoms with van der Waals surface area (Å²) in [6.45, 7) is 3.72. The monoisotopic (exact) mass is 559 g/mol. The highest BCUT2D eigenvalue weighted by Crippen LogP contribution is 2.30. The highest BCUT2D eigenvalue weighted by molar-refractivity contribution is 7.98. The largest absolute Gasteiger partial charge is 0.273 e. The molecule has 5 aromatic rings. The summed E-state index contributed by atoms with van der Waals surface area (Å²) in [5.41, 5.74) is 2.78. The molecule has 5 rings (SSSR count). The Kier molecular flexibility index (Phi) is 7.47. The van der Waals surface area contributed by atoms with Gasteiger partial charge in [-0.25, -0.2) is 13.1 Å². The molecule has 0 aliphatic heterocycles. The van der Waals surface area contributed by atoms with Crippen LogP contribution in [0.2, 0.25) is 0 Å². The van der Waals surface area contributed by atoms with Gasteiger partial charge in [-0.1, -0.05) is 78.0 Å². The minimum Gasteiger partial charge on any atom is -0.273 e. The van der Waals surface area contributed by atoms with E-state index >= 15 is 0 Å². The van der Waals surface area contributed by atoms with Crippen molar-refractivity contribution in [2.75, 3.05) is 0 Å². The van der Waals surface area contributed by atoms with Crippen molar-refractivity contribution in [2.24, 2.45) is 0 Å². The zero-order valence-electron chi connectivity index (χ0n) is 21.2. The molecule has 11 heteroatoms. The quantitative estimate of drug-likeness (QED) is 0.134. The van der Waals surface area contributed by atoms with Gasteiger partial charge in [0.15, 0.2) is 11.0 Å². The second-order valence-electron chi connectivity index (χ2n) is 9.05. The zero-order chi connectivity index (χ0) is 27.6. The number of nitro benzene ring substituents is 1. The lowest BCUT2D eigenvalue weighted by Gasteiger charge is -2.17. The third-order valence-corrected chi connectivity index (χ3v) is 8.78. The first-order chi connectivity index (χ1) is 18.7. The van der Waals surface area contributed by atoms with Gasteiger partial charge in [0, 0.05) is 29.0 Å². The lowest BCUT2D eigenvalue weighted by atomic mass is 10.1. The molecule has 0 amide bonds. The van der Waals surface area contributed by atoms with Crippen LogP contribution in [0.1, 0.15) is 29.9 Å². The number of benzene rings is 4. The number of fused-ring (bicyclic) bond motifs is 1. The number of rotatable bonds is 9. The molecule has 0 bridgehead atoms. The van der Waals surface area contributed by atoms with Crippen molar-refractivity contribution in [3.63, 3.8) is 0 Å². The van der Waals surface area contributed by atoms with E-state index in [0.29, 0.717) is 27.8 Å². The summed E-state index contributed by atoms with van der Waals surface area (Å²) in [6, 6.07) is 25.8. The standard InChI is InChI=1S/C28H25N5O4S2/c1-19-7-5-8-21(17-19)18-38-28-30-29-27(32(28)23-13-15-24(16-14-23)33(34)35)20(2)31-39(36,37)26-12-6-10-22-9-3-4-11-25(22)26/h3-17,20,31H,18H2,1-2H3. The van der Waals surface area contributed by atoms with Gasteiger partial charge in [-0.3, -0.25) is 14.7 Å². The summed E-state index contributed by atoms with van der Waals surface area (Å²) in [5.74, 6) is 0.975. The van der Waals surface area contributed by atoms with E-state index in [-0.39, 0.29) is 10.6 Å². The number of thioether (sulfide) groups is 1. The second kappa shape index (κ2) is 11.0. The molecule has 0 aliphatic carbocycles. The van der Waals surface area contributed by atoms with Crippen LogP contribution in [0.25, 0.3) is 16.5 Å². The maximum atomic E-state index is 13.5. The highest BCUT2D eigenvalue weighted by Gasteiger charge is 2.26. The van der Waals surface area contributed by atoms with Crippen LogP contribution >= 0.6 is 11.8 Å². The van der Waals surface area contributed by atoms with Gasteiger partial charge in [0.2, 0.25) is 10.0 Å². The van der Waals surface area contributed by atoms with E-state index < -0.39 is 21.0 Å². The van der Waals surface area contributed by atoms with Crippen molar-refractivity contribution in [1.82, 2.24) is 19.5 Å². The molecule has 1 atom stereocenters. The number of aromatic nitrogens is 3. The first kappa shape index (κ1) is 26.5. The van der Waals surface area contributed by atoms with E-state index in [4.69, 9.17) is 0 Å². The number of hydrogen-bond acceptors (Lipinski definition) is 7. The van der Waals surface area contributed by atoms with Crippen molar-refractivity contribution < 1.29 is 13.3 Å². The molecule has 0 aliphatic rings. The van der Waals surface area contributed by atoms with Crippen molar-refractivity contribution in [3.05, 3.63) is 118 Å². The van der Waals surface area contributed by atoms with Gasteiger partial charge in [0.1, 0.15) is 0 Å². The predicted octanol–water partition coefficient (Wildman–Crippen LogP) is 5.97. The number of nitro groups is 1. The van der Waals surface area contributed by atoms with Crippen molar-refractivity contribution in [1.29, 1.82) is 0 Å². The van der Waals surface area contributed by atoms with E-state index in [9.17, 15) is 18.5 Å². The van der Waals surface area contributed by atoms with E-state index in [1.807, 2.05) is 43.3 Å². The molecule has 0 radical (unpaired) electrons. The first-order valence-electron chi connectivity index (χ1n) is 12.1. The van der Waals surface area contributed by atoms with Gasteiger partial charge in [0.05, 0.1) is 15.9 Å². The lowest BCUT2D eigenvalue weighted by Crippen LogP contribution is -2.29. The Morgan fingerprint density at radius 3 is 2.44 bits per heavy atom. The van der Waals surface area contributed by atoms with Gasteiger partial charge < -0.3 is 0 Å². The third-order valence-electron chi connectivity index (χ3n) is 6.19. The number of nitrogens with one attached hydrogen (secondary N) is 1. The van der Waals surface area contributed by atoms with Crippen molar-refractivity contribution in [3.8, 4) is 5.69 Å². The molecule has 1 N–H and O–H groups in total. The maximum Gasteiger partial charge on any atom is 0.269 e. The van der Waals surface area contributed by atoms with Crippen LogP contribution in [0.5, 0.6) is 0 Å². The number of sulfonamides is 1. The van der Waals surface area contributed by atoms with Gasteiger partial charge >= 0.3 is 0 Å². The summed E-state index contributed by atoms with van der Waals surface area (Å²) < 4.78 is 31.5. The molecule has 1 aromatic heterocycles. The summed E-state index contributed by atoms with van der Waals surface area (Å²) in [6.07, 6.45) is 0. The molecule has 39 heavy (non-hydrogen) atoms. The van der Waals surface area contributed by atoms with Crippen LogP contribution in [0.4, 0.5) is 5.69 Å². The molecular weight excluding hydrogens is 534 g/mol. The lowest BCUT2D eigenvalue weighted by molar-refractivity contribution is -0.384. The molecule has 9 nitrogen and oxygen atoms in total. The molecular formula is C28H25N5O4S2. The van der Waals surface area contributed by atoms with Gasteiger partial charge in [-0.05, 0) is 43.0 Å². The minimum absolute atomic E-state index is 0.0490. The fraction of sp³-hybridized carbons (Fsp3) is 0.143. The third kappa shape index (κ3) is 5.70. The van der Waals surface area contributed by atoms with Crippen LogP contribution < -0.4 is 4.72 Å². The maximum absolute atomic E-state index is 13.5. The molecule has 0 spiro atoms. The Balaban J connectivity index is 1.50. The average Bonchev–Trinajstić information content (AvgIpc) is 3.35. The fourth-order valence-electron chi connectivity index (χ4n) is 4.35. The first-order valence-corrected chi connectivity index (χ1v) is 14.6. The van der Waals surface area contributed by atoms with Crippen LogP contribution in [0.15, 0.2) is 101 Å². The normalized spacial score (nSPS) is 12.5. The number of hydrogen-bond donors (Lipinski definition) is 1. The summed E-state index contributed by atoms with van der Waals surface area (Å²) in [4.78, 5) is 10.9. The smallest absolute Gasteiger partial charge is 0.269 e. The molecule has 0 saturated carbocycles. The van der Waals surface area contributed by atoms with Crippen LogP contribution in [0, 0.1) is 17.0 Å². The molecule has 1 heterocycles. The van der Waals surface area contributed by atoms with E-state index in [1.54, 1.807) is 47.9 Å². The molecule has 4 aromatic carbocycles. The Morgan fingerprint density at radius 1 is 0.974 bits per heavy atom. The Morgan fingerprint density at radius 2 is 1.69 bits per heavy atom. The minimum atomic E-state index is -3.93. The predicted molar refractivity (Wildman–Crippen MR) is 151 cm³/mol. The molecule has 0 saturated heterocycles. The number of nitrogens with zero attached hydrogens (tertiary/aromatic N) is 4. The Labute approximate surface area is 230 Å². The summed E-state index contributed by atoms with van der Waals surface area (Å²) in [5, 5.41) is 21.9. The fourth-order valence-corrected chi connectivity index (χ4v) is 6.68.